The number of ether oxygens (including phenoxy) is 1. The van der Waals surface area contributed by atoms with Crippen molar-refractivity contribution in [3.8, 4) is 0 Å². The molecule has 0 atom stereocenters. The molecule has 10 heteroatoms. The second-order valence-electron chi connectivity index (χ2n) is 10.3. The van der Waals surface area contributed by atoms with Gasteiger partial charge in [-0.25, -0.2) is 9.97 Å². The molecule has 1 saturated carbocycles. The number of pyridine rings is 2. The number of carbonyl (C=O) groups excluding carboxylic acids is 1. The molecule has 0 aromatic carbocycles. The van der Waals surface area contributed by atoms with Crippen LogP contribution in [0, 0.1) is 6.92 Å². The van der Waals surface area contributed by atoms with Crippen molar-refractivity contribution in [1.82, 2.24) is 24.4 Å². The normalized spacial score (nSPS) is 19.4. The summed E-state index contributed by atoms with van der Waals surface area (Å²) in [5.41, 5.74) is 2.30. The van der Waals surface area contributed by atoms with E-state index >= 15 is 0 Å². The molecule has 3 aromatic heterocycles. The summed E-state index contributed by atoms with van der Waals surface area (Å²) in [6, 6.07) is 4.63. The summed E-state index contributed by atoms with van der Waals surface area (Å²) >= 11 is 0. The highest BCUT2D eigenvalue weighted by atomic mass is 16.5. The fourth-order valence-electron chi connectivity index (χ4n) is 5.85. The lowest BCUT2D eigenvalue weighted by Gasteiger charge is -2.43. The van der Waals surface area contributed by atoms with Gasteiger partial charge in [-0.2, -0.15) is 4.98 Å². The zero-order chi connectivity index (χ0) is 25.5. The molecule has 1 N–H and O–H groups in total. The Kier molecular flexibility index (Phi) is 6.37. The summed E-state index contributed by atoms with van der Waals surface area (Å²) in [5.74, 6) is 0.798. The molecule has 3 aromatic rings. The van der Waals surface area contributed by atoms with Gasteiger partial charge in [0.2, 0.25) is 5.95 Å². The quantitative estimate of drug-likeness (QED) is 0.508. The van der Waals surface area contributed by atoms with Gasteiger partial charge >= 0.3 is 0 Å². The number of piperazine rings is 1. The summed E-state index contributed by atoms with van der Waals surface area (Å²) in [5, 5.41) is 3.94. The molecule has 0 radical (unpaired) electrons. The van der Waals surface area contributed by atoms with E-state index in [9.17, 15) is 9.59 Å². The number of nitrogens with zero attached hydrogens (tertiary/aromatic N) is 6. The molecule has 0 amide bonds. The van der Waals surface area contributed by atoms with Crippen molar-refractivity contribution < 1.29 is 9.53 Å². The van der Waals surface area contributed by atoms with Gasteiger partial charge < -0.3 is 15.0 Å². The van der Waals surface area contributed by atoms with Crippen molar-refractivity contribution in [3.05, 3.63) is 46.0 Å². The first-order chi connectivity index (χ1) is 18.0. The van der Waals surface area contributed by atoms with E-state index in [0.717, 1.165) is 76.1 Å². The second-order valence-corrected chi connectivity index (χ2v) is 10.3. The van der Waals surface area contributed by atoms with Gasteiger partial charge in [0.15, 0.2) is 5.78 Å². The number of ketones is 1. The molecule has 0 spiro atoms. The molecule has 2 aliphatic heterocycles. The first kappa shape index (κ1) is 24.0. The molecule has 0 unspecified atom stereocenters. The highest BCUT2D eigenvalue weighted by Crippen LogP contribution is 2.32. The number of nitrogens with one attached hydrogen (secondary N) is 1. The lowest BCUT2D eigenvalue weighted by Crippen LogP contribution is -2.56. The Morgan fingerprint density at radius 3 is 2.41 bits per heavy atom. The average molecular weight is 504 g/mol. The van der Waals surface area contributed by atoms with Crippen LogP contribution < -0.4 is 15.8 Å². The van der Waals surface area contributed by atoms with Crippen LogP contribution in [-0.4, -0.2) is 75.6 Å². The Bertz CT molecular complexity index is 1370. The molecule has 10 nitrogen and oxygen atoms in total. The number of hydrogen-bond acceptors (Lipinski definition) is 9. The molecule has 2 saturated heterocycles. The van der Waals surface area contributed by atoms with Crippen LogP contribution in [0.15, 0.2) is 29.3 Å². The van der Waals surface area contributed by atoms with E-state index in [1.54, 1.807) is 17.7 Å². The van der Waals surface area contributed by atoms with Crippen molar-refractivity contribution in [3.63, 3.8) is 0 Å². The summed E-state index contributed by atoms with van der Waals surface area (Å²) in [4.78, 5) is 44.4. The zero-order valence-corrected chi connectivity index (χ0v) is 21.4. The van der Waals surface area contributed by atoms with E-state index in [2.05, 4.69) is 31.2 Å². The van der Waals surface area contributed by atoms with Gasteiger partial charge in [-0.05, 0) is 44.4 Å². The Morgan fingerprint density at radius 1 is 1.03 bits per heavy atom. The minimum Gasteiger partial charge on any atom is -0.378 e. The molecule has 0 bridgehead atoms. The number of Topliss-reactive ketones (excluding diaryl/α,β-unsaturated/α-hetero) is 1. The number of rotatable bonds is 6. The van der Waals surface area contributed by atoms with Crippen LogP contribution in [0.5, 0.6) is 0 Å². The number of carbonyl (C=O) groups is 1. The number of hydrogen-bond donors (Lipinski definition) is 1. The number of anilines is 3. The van der Waals surface area contributed by atoms with Crippen molar-refractivity contribution in [2.24, 2.45) is 0 Å². The fraction of sp³-hybridized carbons (Fsp3) is 0.519. The van der Waals surface area contributed by atoms with Crippen LogP contribution in [0.1, 0.15) is 54.6 Å². The minimum atomic E-state index is -0.249. The summed E-state index contributed by atoms with van der Waals surface area (Å²) in [6.07, 6.45) is 7.54. The molecule has 3 fully saturated rings. The number of aryl methyl sites for hydroxylation is 1. The summed E-state index contributed by atoms with van der Waals surface area (Å²) in [7, 11) is 0. The lowest BCUT2D eigenvalue weighted by atomic mass is 10.0. The van der Waals surface area contributed by atoms with E-state index in [1.165, 1.54) is 6.92 Å². The number of aromatic nitrogens is 4. The standard InChI is InChI=1S/C27H33N7O3/c1-17-22-14-29-27(31-25(22)34(19-5-3-4-6-19)26(36)24(17)18(2)35)30-23-8-7-20(13-28-23)32-9-11-33(12-10-32)21-15-37-16-21/h7-8,13-14,19,21H,3-6,9-12,15-16H2,1-2H3,(H,28,29,30,31). The Balaban J connectivity index is 1.24. The third-order valence-electron chi connectivity index (χ3n) is 8.05. The van der Waals surface area contributed by atoms with Crippen LogP contribution in [0.2, 0.25) is 0 Å². The molecule has 3 aliphatic rings. The van der Waals surface area contributed by atoms with Crippen LogP contribution in [-0.2, 0) is 4.74 Å². The van der Waals surface area contributed by atoms with Crippen LogP contribution >= 0.6 is 0 Å². The van der Waals surface area contributed by atoms with Gasteiger partial charge in [0, 0.05) is 43.8 Å². The van der Waals surface area contributed by atoms with Gasteiger partial charge in [-0.1, -0.05) is 12.8 Å². The summed E-state index contributed by atoms with van der Waals surface area (Å²) < 4.78 is 7.06. The first-order valence-electron chi connectivity index (χ1n) is 13.2. The van der Waals surface area contributed by atoms with E-state index < -0.39 is 0 Å². The monoisotopic (exact) mass is 503 g/mol. The molecular weight excluding hydrogens is 470 g/mol. The molecule has 1 aliphatic carbocycles. The van der Waals surface area contributed by atoms with Gasteiger partial charge in [0.25, 0.3) is 5.56 Å². The highest BCUT2D eigenvalue weighted by molar-refractivity contribution is 5.99. The predicted molar refractivity (Wildman–Crippen MR) is 142 cm³/mol. The molecule has 6 rings (SSSR count). The largest absolute Gasteiger partial charge is 0.378 e. The van der Waals surface area contributed by atoms with Crippen molar-refractivity contribution >= 4 is 34.3 Å². The van der Waals surface area contributed by atoms with Crippen LogP contribution in [0.4, 0.5) is 17.5 Å². The van der Waals surface area contributed by atoms with Crippen molar-refractivity contribution in [2.75, 3.05) is 49.6 Å². The van der Waals surface area contributed by atoms with E-state index in [0.29, 0.717) is 29.0 Å². The second kappa shape index (κ2) is 9.83. The van der Waals surface area contributed by atoms with E-state index in [1.807, 2.05) is 12.3 Å². The fourth-order valence-corrected chi connectivity index (χ4v) is 5.85. The summed E-state index contributed by atoms with van der Waals surface area (Å²) in [6.45, 7) is 8.97. The van der Waals surface area contributed by atoms with Crippen LogP contribution in [0.3, 0.4) is 0 Å². The smallest absolute Gasteiger partial charge is 0.263 e. The maximum Gasteiger partial charge on any atom is 0.263 e. The van der Waals surface area contributed by atoms with Gasteiger partial charge in [0.1, 0.15) is 11.5 Å². The van der Waals surface area contributed by atoms with Crippen molar-refractivity contribution in [2.45, 2.75) is 51.6 Å². The molecular formula is C27H33N7O3. The third kappa shape index (κ3) is 4.48. The van der Waals surface area contributed by atoms with E-state index in [-0.39, 0.29) is 22.9 Å². The van der Waals surface area contributed by atoms with E-state index in [4.69, 9.17) is 9.72 Å². The number of fused-ring (bicyclic) bond motifs is 1. The van der Waals surface area contributed by atoms with Gasteiger partial charge in [0.05, 0.1) is 36.7 Å². The minimum absolute atomic E-state index is 0.0474. The zero-order valence-electron chi connectivity index (χ0n) is 21.4. The first-order valence-corrected chi connectivity index (χ1v) is 13.2. The Hall–Kier alpha value is -3.37. The van der Waals surface area contributed by atoms with Crippen LogP contribution in [0.25, 0.3) is 11.0 Å². The predicted octanol–water partition coefficient (Wildman–Crippen LogP) is 3.08. The Morgan fingerprint density at radius 2 is 1.78 bits per heavy atom. The lowest BCUT2D eigenvalue weighted by molar-refractivity contribution is -0.0660. The topological polar surface area (TPSA) is 105 Å². The molecule has 37 heavy (non-hydrogen) atoms. The molecule has 194 valence electrons. The Labute approximate surface area is 215 Å². The molecule has 5 heterocycles. The SMILES string of the molecule is CC(=O)c1c(C)c2cnc(Nc3ccc(N4CCN(C5COC5)CC4)cn3)nc2n(C2CCCC2)c1=O. The maximum atomic E-state index is 13.4. The van der Waals surface area contributed by atoms with Gasteiger partial charge in [-0.3, -0.25) is 19.1 Å². The van der Waals surface area contributed by atoms with Crippen molar-refractivity contribution in [1.29, 1.82) is 0 Å². The third-order valence-corrected chi connectivity index (χ3v) is 8.05. The average Bonchev–Trinajstić information content (AvgIpc) is 3.38. The maximum absolute atomic E-state index is 13.4. The van der Waals surface area contributed by atoms with Gasteiger partial charge in [-0.15, -0.1) is 0 Å². The highest BCUT2D eigenvalue weighted by Gasteiger charge is 2.29.